The number of nitrogens with two attached hydrogens (primary N) is 1. The maximum absolute atomic E-state index is 12.0. The van der Waals surface area contributed by atoms with Crippen LogP contribution in [0.15, 0.2) is 68.1 Å². The van der Waals surface area contributed by atoms with Crippen molar-refractivity contribution >= 4 is 33.0 Å². The summed E-state index contributed by atoms with van der Waals surface area (Å²) >= 11 is 0. The van der Waals surface area contributed by atoms with E-state index in [-0.39, 0.29) is 4.90 Å². The number of hydrogen-bond donors (Lipinski definition) is 2. The highest BCUT2D eigenvalue weighted by Crippen LogP contribution is 2.22. The zero-order valence-corrected chi connectivity index (χ0v) is 15.0. The lowest BCUT2D eigenvalue weighted by atomic mass is 10.3. The fraction of sp³-hybridized carbons (Fsp3) is 0.125. The van der Waals surface area contributed by atoms with Gasteiger partial charge in [0.25, 0.3) is 10.0 Å². The van der Waals surface area contributed by atoms with Crippen LogP contribution in [0, 0.1) is 11.5 Å². The first-order valence-electron chi connectivity index (χ1n) is 7.36. The Hall–Kier alpha value is -3.45. The minimum atomic E-state index is -4.01. The number of sulfonamides is 1. The van der Waals surface area contributed by atoms with E-state index in [1.54, 1.807) is 0 Å². The maximum Gasteiger partial charge on any atom is 0.285 e. The van der Waals surface area contributed by atoms with E-state index in [0.29, 0.717) is 11.4 Å². The standard InChI is InChI=1S/C16H17N7O2S/c1-23(2)14-7-3-12(4-8-14)20-21-13-5-9-15(10-6-13)26(24,25)22-16(18)19-11-17/h3-10H,1-2H3,(H3,18,19,22). The minimum absolute atomic E-state index is 0.0746. The summed E-state index contributed by atoms with van der Waals surface area (Å²) in [5.74, 6) is -0.502. The van der Waals surface area contributed by atoms with Gasteiger partial charge in [0.2, 0.25) is 5.96 Å². The molecule has 0 bridgehead atoms. The van der Waals surface area contributed by atoms with Crippen molar-refractivity contribution in [2.75, 3.05) is 19.0 Å². The lowest BCUT2D eigenvalue weighted by Gasteiger charge is -2.11. The van der Waals surface area contributed by atoms with Gasteiger partial charge in [-0.15, -0.1) is 4.40 Å². The second-order valence-corrected chi connectivity index (χ2v) is 6.90. The average molecular weight is 371 g/mol. The lowest BCUT2D eigenvalue weighted by molar-refractivity contribution is 0.598. The van der Waals surface area contributed by atoms with Crippen LogP contribution in [-0.4, -0.2) is 28.5 Å². The summed E-state index contributed by atoms with van der Waals surface area (Å²) < 4.78 is 27.3. The third kappa shape index (κ3) is 5.02. The Morgan fingerprint density at radius 2 is 1.54 bits per heavy atom. The van der Waals surface area contributed by atoms with Crippen LogP contribution in [-0.2, 0) is 10.0 Å². The molecule has 0 heterocycles. The first-order valence-corrected chi connectivity index (χ1v) is 8.80. The minimum Gasteiger partial charge on any atom is -0.378 e. The van der Waals surface area contributed by atoms with Crippen molar-refractivity contribution in [3.63, 3.8) is 0 Å². The molecule has 10 heteroatoms. The Kier molecular flexibility index (Phi) is 5.87. The van der Waals surface area contributed by atoms with Gasteiger partial charge in [0.05, 0.1) is 16.3 Å². The first kappa shape index (κ1) is 18.9. The number of nitrogens with one attached hydrogen (secondary N) is 1. The molecule has 0 aliphatic rings. The molecule has 0 amide bonds. The Morgan fingerprint density at radius 3 is 2.00 bits per heavy atom. The molecule has 0 saturated carbocycles. The number of guanidine groups is 1. The fourth-order valence-electron chi connectivity index (χ4n) is 1.88. The van der Waals surface area contributed by atoms with Crippen molar-refractivity contribution in [3.8, 4) is 6.19 Å². The maximum atomic E-state index is 12.0. The molecule has 0 aromatic heterocycles. The van der Waals surface area contributed by atoms with E-state index in [9.17, 15) is 8.42 Å². The molecule has 134 valence electrons. The smallest absolute Gasteiger partial charge is 0.285 e. The number of benzene rings is 2. The summed E-state index contributed by atoms with van der Waals surface area (Å²) in [6.07, 6.45) is 1.49. The van der Waals surface area contributed by atoms with Crippen LogP contribution in [0.25, 0.3) is 0 Å². The summed E-state index contributed by atoms with van der Waals surface area (Å²) in [5.41, 5.74) is 7.48. The molecule has 26 heavy (non-hydrogen) atoms. The molecule has 2 aromatic rings. The zero-order chi connectivity index (χ0) is 19.2. The summed E-state index contributed by atoms with van der Waals surface area (Å²) in [5, 5.41) is 18.5. The number of azo groups is 1. The van der Waals surface area contributed by atoms with Gasteiger partial charge < -0.3 is 10.6 Å². The van der Waals surface area contributed by atoms with E-state index in [1.165, 1.54) is 30.5 Å². The van der Waals surface area contributed by atoms with E-state index in [2.05, 4.69) is 14.6 Å². The van der Waals surface area contributed by atoms with E-state index >= 15 is 0 Å². The van der Waals surface area contributed by atoms with Crippen molar-refractivity contribution in [2.45, 2.75) is 4.90 Å². The number of rotatable bonds is 5. The number of nitrogens with zero attached hydrogens (tertiary/aromatic N) is 5. The predicted octanol–water partition coefficient (Wildman–Crippen LogP) is 2.24. The van der Waals surface area contributed by atoms with Gasteiger partial charge in [-0.05, 0) is 48.5 Å². The molecular formula is C16H17N7O2S. The lowest BCUT2D eigenvalue weighted by Crippen LogP contribution is -2.28. The highest BCUT2D eigenvalue weighted by atomic mass is 32.2. The van der Waals surface area contributed by atoms with E-state index in [0.717, 1.165) is 5.69 Å². The van der Waals surface area contributed by atoms with Crippen molar-refractivity contribution in [1.82, 2.24) is 5.32 Å². The van der Waals surface area contributed by atoms with Gasteiger partial charge in [0.1, 0.15) is 0 Å². The molecule has 0 atom stereocenters. The van der Waals surface area contributed by atoms with Crippen LogP contribution in [0.5, 0.6) is 0 Å². The molecule has 0 fully saturated rings. The molecular weight excluding hydrogens is 354 g/mol. The van der Waals surface area contributed by atoms with E-state index < -0.39 is 16.0 Å². The molecule has 0 unspecified atom stereocenters. The Bertz CT molecular complexity index is 957. The number of hydrogen-bond acceptors (Lipinski definition) is 6. The zero-order valence-electron chi connectivity index (χ0n) is 14.2. The molecule has 9 nitrogen and oxygen atoms in total. The summed E-state index contributed by atoms with van der Waals surface area (Å²) in [6, 6.07) is 13.2. The molecule has 0 radical (unpaired) electrons. The number of anilines is 1. The summed E-state index contributed by atoms with van der Waals surface area (Å²) in [4.78, 5) is 1.90. The van der Waals surface area contributed by atoms with Gasteiger partial charge >= 0.3 is 0 Å². The van der Waals surface area contributed by atoms with Crippen molar-refractivity contribution in [1.29, 1.82) is 5.26 Å². The van der Waals surface area contributed by atoms with Gasteiger partial charge in [-0.3, -0.25) is 5.32 Å². The monoisotopic (exact) mass is 371 g/mol. The molecule has 0 spiro atoms. The van der Waals surface area contributed by atoms with Crippen LogP contribution in [0.1, 0.15) is 0 Å². The molecule has 0 saturated heterocycles. The molecule has 3 N–H and O–H groups in total. The Morgan fingerprint density at radius 1 is 1.04 bits per heavy atom. The van der Waals surface area contributed by atoms with Gasteiger partial charge in [0.15, 0.2) is 6.19 Å². The second-order valence-electron chi connectivity index (χ2n) is 5.29. The van der Waals surface area contributed by atoms with Crippen LogP contribution in [0.4, 0.5) is 17.1 Å². The summed E-state index contributed by atoms with van der Waals surface area (Å²) in [7, 11) is -0.117. The van der Waals surface area contributed by atoms with Gasteiger partial charge in [0, 0.05) is 19.8 Å². The SMILES string of the molecule is CN(C)c1ccc(N=Nc2ccc(S(=O)(=O)/N=C(\N)NC#N)cc2)cc1. The fourth-order valence-corrected chi connectivity index (χ4v) is 2.77. The van der Waals surface area contributed by atoms with Gasteiger partial charge in [-0.25, -0.2) is 0 Å². The highest BCUT2D eigenvalue weighted by molar-refractivity contribution is 7.90. The van der Waals surface area contributed by atoms with Crippen LogP contribution in [0.2, 0.25) is 0 Å². The largest absolute Gasteiger partial charge is 0.378 e. The van der Waals surface area contributed by atoms with Gasteiger partial charge in [-0.2, -0.15) is 23.9 Å². The Balaban J connectivity index is 2.14. The molecule has 2 aromatic carbocycles. The van der Waals surface area contributed by atoms with Crippen LogP contribution < -0.4 is 16.0 Å². The van der Waals surface area contributed by atoms with Crippen molar-refractivity contribution in [3.05, 3.63) is 48.5 Å². The van der Waals surface area contributed by atoms with Crippen molar-refractivity contribution < 1.29 is 8.42 Å². The van der Waals surface area contributed by atoms with E-state index in [4.69, 9.17) is 11.0 Å². The second kappa shape index (κ2) is 8.09. The molecule has 0 aliphatic carbocycles. The number of nitriles is 1. The van der Waals surface area contributed by atoms with Crippen molar-refractivity contribution in [2.24, 2.45) is 20.4 Å². The van der Waals surface area contributed by atoms with Crippen LogP contribution in [0.3, 0.4) is 0 Å². The van der Waals surface area contributed by atoms with E-state index in [1.807, 2.05) is 48.6 Å². The van der Waals surface area contributed by atoms with Gasteiger partial charge in [-0.1, -0.05) is 0 Å². The average Bonchev–Trinajstić information content (AvgIpc) is 2.60. The molecule has 0 aliphatic heterocycles. The van der Waals surface area contributed by atoms with Crippen LogP contribution >= 0.6 is 0 Å². The highest BCUT2D eigenvalue weighted by Gasteiger charge is 2.13. The predicted molar refractivity (Wildman–Crippen MR) is 98.9 cm³/mol. The summed E-state index contributed by atoms with van der Waals surface area (Å²) in [6.45, 7) is 0. The first-order chi connectivity index (χ1) is 12.3. The topological polar surface area (TPSA) is 136 Å². The quantitative estimate of drug-likeness (QED) is 0.272. The third-order valence-corrected chi connectivity index (χ3v) is 4.49. The normalized spacial score (nSPS) is 12.0. The molecule has 2 rings (SSSR count). The Labute approximate surface area is 151 Å². The third-order valence-electron chi connectivity index (χ3n) is 3.18.